The van der Waals surface area contributed by atoms with Gasteiger partial charge in [-0.2, -0.15) is 4.31 Å². The third-order valence-corrected chi connectivity index (χ3v) is 8.93. The Kier molecular flexibility index (Phi) is 4.65. The van der Waals surface area contributed by atoms with E-state index in [0.29, 0.717) is 19.3 Å². The number of sulfonamides is 1. The number of ketones is 1. The topological polar surface area (TPSA) is 63.7 Å². The van der Waals surface area contributed by atoms with Gasteiger partial charge in [-0.25, -0.2) is 8.42 Å². The standard InChI is InChI=1S/C24H27NO4S/c1-16-10-12-18(13-11-16)30(27,28)25-22-19-8-4-3-7-17(19)15-20(22)29-23(25)24(2)14-6-5-9-21(24)26/h3-4,7-8,10-13,20,22-23H,5-6,9,14-15H2,1-2H3/t20-,22+,23+,24-/m0/s1. The van der Waals surface area contributed by atoms with E-state index in [1.54, 1.807) is 12.1 Å². The molecule has 0 spiro atoms. The minimum Gasteiger partial charge on any atom is -0.355 e. The highest BCUT2D eigenvalue weighted by Crippen LogP contribution is 2.53. The van der Waals surface area contributed by atoms with Crippen LogP contribution in [0, 0.1) is 12.3 Å². The number of ether oxygens (including phenoxy) is 1. The monoisotopic (exact) mass is 425 g/mol. The van der Waals surface area contributed by atoms with Gasteiger partial charge in [-0.1, -0.05) is 48.4 Å². The zero-order valence-corrected chi connectivity index (χ0v) is 18.2. The summed E-state index contributed by atoms with van der Waals surface area (Å²) in [6.45, 7) is 3.83. The predicted octanol–water partition coefficient (Wildman–Crippen LogP) is 4.16. The summed E-state index contributed by atoms with van der Waals surface area (Å²) < 4.78 is 35.8. The molecule has 2 aromatic carbocycles. The van der Waals surface area contributed by atoms with E-state index < -0.39 is 27.7 Å². The van der Waals surface area contributed by atoms with Crippen LogP contribution in [0.5, 0.6) is 0 Å². The van der Waals surface area contributed by atoms with E-state index in [1.807, 2.05) is 50.2 Å². The van der Waals surface area contributed by atoms with Crippen LogP contribution in [0.3, 0.4) is 0 Å². The Labute approximate surface area is 178 Å². The molecule has 1 saturated carbocycles. The first kappa shape index (κ1) is 19.9. The molecule has 0 unspecified atom stereocenters. The molecule has 4 atom stereocenters. The van der Waals surface area contributed by atoms with E-state index in [-0.39, 0.29) is 16.8 Å². The number of carbonyl (C=O) groups excluding carboxylic acids is 1. The lowest BCUT2D eigenvalue weighted by Crippen LogP contribution is -2.51. The van der Waals surface area contributed by atoms with E-state index >= 15 is 0 Å². The fourth-order valence-electron chi connectivity index (χ4n) is 5.33. The summed E-state index contributed by atoms with van der Waals surface area (Å²) in [7, 11) is -3.86. The van der Waals surface area contributed by atoms with Crippen molar-refractivity contribution in [3.8, 4) is 0 Å². The van der Waals surface area contributed by atoms with Crippen molar-refractivity contribution in [1.82, 2.24) is 4.31 Å². The lowest BCUT2D eigenvalue weighted by atomic mass is 9.73. The maximum Gasteiger partial charge on any atom is 0.245 e. The molecule has 1 aliphatic heterocycles. The predicted molar refractivity (Wildman–Crippen MR) is 113 cm³/mol. The smallest absolute Gasteiger partial charge is 0.245 e. The highest BCUT2D eigenvalue weighted by atomic mass is 32.2. The molecule has 5 rings (SSSR count). The van der Waals surface area contributed by atoms with Gasteiger partial charge in [0.05, 0.1) is 22.5 Å². The Balaban J connectivity index is 1.65. The van der Waals surface area contributed by atoms with Gasteiger partial charge in [0.2, 0.25) is 10.0 Å². The molecule has 1 heterocycles. The summed E-state index contributed by atoms with van der Waals surface area (Å²) >= 11 is 0. The minimum atomic E-state index is -3.86. The lowest BCUT2D eigenvalue weighted by molar-refractivity contribution is -0.145. The van der Waals surface area contributed by atoms with Crippen LogP contribution in [-0.4, -0.2) is 30.8 Å². The molecule has 5 nitrogen and oxygen atoms in total. The van der Waals surface area contributed by atoms with Crippen molar-refractivity contribution in [2.24, 2.45) is 5.41 Å². The molecule has 3 aliphatic rings. The van der Waals surface area contributed by atoms with Crippen LogP contribution in [0.1, 0.15) is 55.3 Å². The summed E-state index contributed by atoms with van der Waals surface area (Å²) in [4.78, 5) is 13.3. The molecular formula is C24H27NO4S. The van der Waals surface area contributed by atoms with Crippen molar-refractivity contribution in [3.05, 3.63) is 65.2 Å². The number of hydrogen-bond acceptors (Lipinski definition) is 4. The number of fused-ring (bicyclic) bond motifs is 3. The maximum absolute atomic E-state index is 13.9. The van der Waals surface area contributed by atoms with Crippen LogP contribution >= 0.6 is 0 Å². The summed E-state index contributed by atoms with van der Waals surface area (Å²) in [6, 6.07) is 14.5. The van der Waals surface area contributed by atoms with E-state index in [9.17, 15) is 13.2 Å². The van der Waals surface area contributed by atoms with Crippen molar-refractivity contribution in [1.29, 1.82) is 0 Å². The Hall–Kier alpha value is -2.02. The number of benzene rings is 2. The minimum absolute atomic E-state index is 0.108. The second-order valence-electron chi connectivity index (χ2n) is 9.07. The van der Waals surface area contributed by atoms with Crippen LogP contribution in [0.4, 0.5) is 0 Å². The summed E-state index contributed by atoms with van der Waals surface area (Å²) in [5, 5.41) is 0. The van der Waals surface area contributed by atoms with Crippen molar-refractivity contribution in [2.45, 2.75) is 69.2 Å². The Morgan fingerprint density at radius 1 is 1.07 bits per heavy atom. The van der Waals surface area contributed by atoms with Gasteiger partial charge < -0.3 is 4.74 Å². The van der Waals surface area contributed by atoms with E-state index in [2.05, 4.69) is 0 Å². The van der Waals surface area contributed by atoms with Crippen molar-refractivity contribution >= 4 is 15.8 Å². The summed E-state index contributed by atoms with van der Waals surface area (Å²) in [6.07, 6.45) is 2.53. The number of nitrogens with zero attached hydrogens (tertiary/aromatic N) is 1. The third-order valence-electron chi connectivity index (χ3n) is 7.08. The van der Waals surface area contributed by atoms with Crippen LogP contribution in [0.25, 0.3) is 0 Å². The highest BCUT2D eigenvalue weighted by Gasteiger charge is 2.60. The van der Waals surface area contributed by atoms with Crippen LogP contribution < -0.4 is 0 Å². The first-order chi connectivity index (χ1) is 14.3. The van der Waals surface area contributed by atoms with Gasteiger partial charge in [0, 0.05) is 12.8 Å². The molecular weight excluding hydrogens is 398 g/mol. The van der Waals surface area contributed by atoms with Crippen LogP contribution in [0.2, 0.25) is 0 Å². The Morgan fingerprint density at radius 2 is 1.80 bits per heavy atom. The Bertz CT molecular complexity index is 1090. The van der Waals surface area contributed by atoms with Crippen molar-refractivity contribution in [3.63, 3.8) is 0 Å². The van der Waals surface area contributed by atoms with Crippen LogP contribution in [-0.2, 0) is 26.0 Å². The molecule has 0 radical (unpaired) electrons. The number of aryl methyl sites for hydroxylation is 1. The second-order valence-corrected chi connectivity index (χ2v) is 10.9. The first-order valence-electron chi connectivity index (χ1n) is 10.7. The number of carbonyl (C=O) groups is 1. The van der Waals surface area contributed by atoms with Gasteiger partial charge in [0.25, 0.3) is 0 Å². The molecule has 2 fully saturated rings. The normalized spacial score (nSPS) is 31.5. The molecule has 2 aliphatic carbocycles. The molecule has 0 N–H and O–H groups in total. The molecule has 158 valence electrons. The molecule has 0 bridgehead atoms. The average molecular weight is 426 g/mol. The zero-order chi connectivity index (χ0) is 21.1. The zero-order valence-electron chi connectivity index (χ0n) is 17.4. The molecule has 1 saturated heterocycles. The molecule has 2 aromatic rings. The van der Waals surface area contributed by atoms with Gasteiger partial charge >= 0.3 is 0 Å². The number of rotatable bonds is 3. The largest absolute Gasteiger partial charge is 0.355 e. The molecule has 30 heavy (non-hydrogen) atoms. The second kappa shape index (κ2) is 7.01. The lowest BCUT2D eigenvalue weighted by Gasteiger charge is -2.41. The molecule has 0 aromatic heterocycles. The molecule has 0 amide bonds. The number of hydrogen-bond donors (Lipinski definition) is 0. The van der Waals surface area contributed by atoms with Gasteiger partial charge in [-0.3, -0.25) is 4.79 Å². The van der Waals surface area contributed by atoms with E-state index in [0.717, 1.165) is 29.5 Å². The average Bonchev–Trinajstić information content (AvgIpc) is 3.27. The van der Waals surface area contributed by atoms with E-state index in [1.165, 1.54) is 4.31 Å². The fourth-order valence-corrected chi connectivity index (χ4v) is 7.14. The number of Topliss-reactive ketones (excluding diaryl/α,β-unsaturated/α-hetero) is 1. The first-order valence-corrected chi connectivity index (χ1v) is 12.1. The quantitative estimate of drug-likeness (QED) is 0.741. The highest BCUT2D eigenvalue weighted by molar-refractivity contribution is 7.89. The van der Waals surface area contributed by atoms with Crippen molar-refractivity contribution < 1.29 is 17.9 Å². The summed E-state index contributed by atoms with van der Waals surface area (Å²) in [5.74, 6) is 0.108. The van der Waals surface area contributed by atoms with E-state index in [4.69, 9.17) is 4.74 Å². The summed E-state index contributed by atoms with van der Waals surface area (Å²) in [5.41, 5.74) is 2.29. The Morgan fingerprint density at radius 3 is 2.53 bits per heavy atom. The molecule has 6 heteroatoms. The van der Waals surface area contributed by atoms with Gasteiger partial charge in [-0.05, 0) is 49.9 Å². The van der Waals surface area contributed by atoms with Crippen molar-refractivity contribution in [2.75, 3.05) is 0 Å². The maximum atomic E-state index is 13.9. The SMILES string of the molecule is Cc1ccc(S(=O)(=O)N2[C@@H]3c4ccccc4C[C@@H]3O[C@@H]2[C@@]2(C)CCCCC2=O)cc1. The fraction of sp³-hybridized carbons (Fsp3) is 0.458. The van der Waals surface area contributed by atoms with Crippen LogP contribution in [0.15, 0.2) is 53.4 Å². The third kappa shape index (κ3) is 2.88. The van der Waals surface area contributed by atoms with Gasteiger partial charge in [0.15, 0.2) is 0 Å². The van der Waals surface area contributed by atoms with Gasteiger partial charge in [0.1, 0.15) is 12.0 Å². The van der Waals surface area contributed by atoms with Gasteiger partial charge in [-0.15, -0.1) is 0 Å².